The fourth-order valence-electron chi connectivity index (χ4n) is 3.38. The number of thioether (sulfide) groups is 1. The van der Waals surface area contributed by atoms with E-state index in [-0.39, 0.29) is 18.3 Å². The largest absolute Gasteiger partial charge is 0.396 e. The molecular formula is C23H26ClFN4O4S. The summed E-state index contributed by atoms with van der Waals surface area (Å²) in [6, 6.07) is 13.9. The third kappa shape index (κ3) is 6.55. The van der Waals surface area contributed by atoms with Gasteiger partial charge in [0.15, 0.2) is 5.75 Å². The first-order valence-corrected chi connectivity index (χ1v) is 12.0. The summed E-state index contributed by atoms with van der Waals surface area (Å²) in [6.07, 6.45) is 1.03. The van der Waals surface area contributed by atoms with Gasteiger partial charge in [0.25, 0.3) is 5.91 Å². The average Bonchev–Trinajstić information content (AvgIpc) is 3.22. The van der Waals surface area contributed by atoms with E-state index in [0.717, 1.165) is 11.1 Å². The fraction of sp³-hybridized carbons (Fsp3) is 0.304. The van der Waals surface area contributed by atoms with Gasteiger partial charge in [0.2, 0.25) is 6.41 Å². The van der Waals surface area contributed by atoms with Crippen molar-refractivity contribution >= 4 is 35.7 Å². The molecule has 2 aromatic carbocycles. The highest BCUT2D eigenvalue weighted by atomic mass is 35.5. The monoisotopic (exact) mass is 508 g/mol. The number of aliphatic hydroxyl groups excluding tert-OH is 1. The van der Waals surface area contributed by atoms with Crippen LogP contribution in [0.3, 0.4) is 0 Å². The summed E-state index contributed by atoms with van der Waals surface area (Å²) in [5, 5.41) is 15.7. The third-order valence-electron chi connectivity index (χ3n) is 5.06. The van der Waals surface area contributed by atoms with Gasteiger partial charge >= 0.3 is 0 Å². The molecule has 0 aliphatic carbocycles. The van der Waals surface area contributed by atoms with Crippen LogP contribution < -0.4 is 15.6 Å². The van der Waals surface area contributed by atoms with E-state index in [2.05, 4.69) is 15.6 Å². The maximum Gasteiger partial charge on any atom is 0.271 e. The van der Waals surface area contributed by atoms with Crippen LogP contribution in [0.1, 0.15) is 17.5 Å². The number of carbonyl (C=O) groups excluding carboxylic acids is 2. The van der Waals surface area contributed by atoms with Gasteiger partial charge in [-0.1, -0.05) is 35.9 Å². The zero-order valence-corrected chi connectivity index (χ0v) is 20.1. The lowest BCUT2D eigenvalue weighted by molar-refractivity contribution is -0.119. The van der Waals surface area contributed by atoms with Crippen molar-refractivity contribution in [2.45, 2.75) is 24.2 Å². The van der Waals surface area contributed by atoms with Crippen molar-refractivity contribution in [1.82, 2.24) is 20.4 Å². The van der Waals surface area contributed by atoms with Gasteiger partial charge in [-0.05, 0) is 41.8 Å². The Hall–Kier alpha value is -2.95. The number of carbonyl (C=O) groups is 2. The molecular weight excluding hydrogens is 483 g/mol. The van der Waals surface area contributed by atoms with Gasteiger partial charge in [0.1, 0.15) is 17.0 Å². The molecule has 1 aliphatic heterocycles. The number of nitrogens with zero attached hydrogens (tertiary/aromatic N) is 2. The van der Waals surface area contributed by atoms with Gasteiger partial charge in [0, 0.05) is 42.0 Å². The van der Waals surface area contributed by atoms with Crippen LogP contribution in [0.5, 0.6) is 5.75 Å². The normalized spacial score (nSPS) is 15.2. The maximum atomic E-state index is 13.1. The molecule has 0 spiro atoms. The Labute approximate surface area is 206 Å². The smallest absolute Gasteiger partial charge is 0.271 e. The molecule has 0 aromatic heterocycles. The highest BCUT2D eigenvalue weighted by Crippen LogP contribution is 2.32. The van der Waals surface area contributed by atoms with Crippen molar-refractivity contribution in [3.05, 3.63) is 76.2 Å². The first-order valence-electron chi connectivity index (χ1n) is 10.5. The molecule has 0 saturated carbocycles. The van der Waals surface area contributed by atoms with Crippen molar-refractivity contribution < 1.29 is 24.2 Å². The zero-order chi connectivity index (χ0) is 24.5. The SMILES string of the molecule is CN(C=O)C1=C(C(=O)NCCCO)N(Cc2ccc(Cl)cc2)C(SCc2cccc(OF)c2)N1. The molecule has 8 nitrogen and oxygen atoms in total. The Balaban J connectivity index is 1.89. The molecule has 2 aromatic rings. The van der Waals surface area contributed by atoms with Gasteiger partial charge in [-0.3, -0.25) is 14.5 Å². The molecule has 1 atom stereocenters. The number of amides is 2. The van der Waals surface area contributed by atoms with Crippen LogP contribution in [-0.4, -0.2) is 52.9 Å². The van der Waals surface area contributed by atoms with E-state index in [1.54, 1.807) is 31.3 Å². The van der Waals surface area contributed by atoms with Gasteiger partial charge < -0.3 is 25.5 Å². The number of nitrogens with one attached hydrogen (secondary N) is 2. The van der Waals surface area contributed by atoms with Gasteiger partial charge in [-0.25, -0.2) is 0 Å². The second-order valence-corrected chi connectivity index (χ2v) is 9.04. The standard InChI is InChI=1S/C23H26ClFN4O4S/c1-28(15-31)21-20(22(32)26-10-3-11-30)29(13-16-6-8-18(24)9-7-16)23(27-21)34-14-17-4-2-5-19(12-17)33-25/h2,4-9,12,15,23,27,30H,3,10-11,13-14H2,1H3,(H,26,32). The number of rotatable bonds is 12. The first-order chi connectivity index (χ1) is 16.5. The quantitative estimate of drug-likeness (QED) is 0.300. The lowest BCUT2D eigenvalue weighted by Gasteiger charge is -2.28. The van der Waals surface area contributed by atoms with E-state index >= 15 is 0 Å². The van der Waals surface area contributed by atoms with Crippen LogP contribution in [0.4, 0.5) is 4.53 Å². The van der Waals surface area contributed by atoms with Gasteiger partial charge in [-0.15, -0.1) is 11.8 Å². The minimum absolute atomic E-state index is 0.0483. The summed E-state index contributed by atoms with van der Waals surface area (Å²) in [5.74, 6) is 0.598. The summed E-state index contributed by atoms with van der Waals surface area (Å²) in [6.45, 7) is 0.612. The van der Waals surface area contributed by atoms with Crippen molar-refractivity contribution in [3.8, 4) is 5.75 Å². The Morgan fingerprint density at radius 3 is 2.76 bits per heavy atom. The molecule has 1 aliphatic rings. The minimum atomic E-state index is -0.401. The molecule has 3 N–H and O–H groups in total. The van der Waals surface area contributed by atoms with Crippen LogP contribution in [0.25, 0.3) is 0 Å². The summed E-state index contributed by atoms with van der Waals surface area (Å²) in [5.41, 5.74) is 1.65. The molecule has 34 heavy (non-hydrogen) atoms. The molecule has 1 heterocycles. The number of halogens is 2. The Bertz CT molecular complexity index is 1020. The molecule has 11 heteroatoms. The van der Waals surface area contributed by atoms with E-state index in [1.165, 1.54) is 22.7 Å². The lowest BCUT2D eigenvalue weighted by atomic mass is 10.2. The van der Waals surface area contributed by atoms with E-state index in [4.69, 9.17) is 16.7 Å². The predicted octanol–water partition coefficient (Wildman–Crippen LogP) is 2.98. The van der Waals surface area contributed by atoms with Crippen LogP contribution >= 0.6 is 23.4 Å². The van der Waals surface area contributed by atoms with Gasteiger partial charge in [0.05, 0.1) is 0 Å². The highest BCUT2D eigenvalue weighted by molar-refractivity contribution is 7.99. The summed E-state index contributed by atoms with van der Waals surface area (Å²) in [4.78, 5) is 31.7. The van der Waals surface area contributed by atoms with Crippen LogP contribution in [0.15, 0.2) is 60.0 Å². The molecule has 0 radical (unpaired) electrons. The molecule has 1 unspecified atom stereocenters. The van der Waals surface area contributed by atoms with Crippen molar-refractivity contribution in [1.29, 1.82) is 0 Å². The molecule has 182 valence electrons. The zero-order valence-electron chi connectivity index (χ0n) is 18.5. The second-order valence-electron chi connectivity index (χ2n) is 7.53. The first kappa shape index (κ1) is 25.7. The highest BCUT2D eigenvalue weighted by Gasteiger charge is 2.37. The van der Waals surface area contributed by atoms with E-state index in [9.17, 15) is 14.1 Å². The lowest BCUT2D eigenvalue weighted by Crippen LogP contribution is -2.39. The molecule has 0 saturated heterocycles. The van der Waals surface area contributed by atoms with Crippen LogP contribution in [0, 0.1) is 0 Å². The van der Waals surface area contributed by atoms with Gasteiger partial charge in [-0.2, -0.15) is 0 Å². The fourth-order valence-corrected chi connectivity index (χ4v) is 4.59. The predicted molar refractivity (Wildman–Crippen MR) is 129 cm³/mol. The number of hydrogen-bond acceptors (Lipinski definition) is 7. The maximum absolute atomic E-state index is 13.1. The second kappa shape index (κ2) is 12.5. The minimum Gasteiger partial charge on any atom is -0.396 e. The summed E-state index contributed by atoms with van der Waals surface area (Å²) < 4.78 is 12.6. The topological polar surface area (TPSA) is 94.1 Å². The number of hydrogen-bond donors (Lipinski definition) is 3. The van der Waals surface area contributed by atoms with Crippen LogP contribution in [0.2, 0.25) is 5.02 Å². The Morgan fingerprint density at radius 2 is 2.09 bits per heavy atom. The summed E-state index contributed by atoms with van der Waals surface area (Å²) >= 11 is 7.50. The Morgan fingerprint density at radius 1 is 1.32 bits per heavy atom. The summed E-state index contributed by atoms with van der Waals surface area (Å²) in [7, 11) is 1.56. The van der Waals surface area contributed by atoms with E-state index in [1.807, 2.05) is 23.1 Å². The third-order valence-corrected chi connectivity index (χ3v) is 6.50. The van der Waals surface area contributed by atoms with Crippen LogP contribution in [-0.2, 0) is 21.9 Å². The molecule has 0 fully saturated rings. The van der Waals surface area contributed by atoms with E-state index in [0.29, 0.717) is 48.2 Å². The number of benzene rings is 2. The average molecular weight is 509 g/mol. The molecule has 0 bridgehead atoms. The van der Waals surface area contributed by atoms with Crippen molar-refractivity contribution in [2.24, 2.45) is 0 Å². The van der Waals surface area contributed by atoms with E-state index < -0.39 is 5.50 Å². The van der Waals surface area contributed by atoms with Crippen molar-refractivity contribution in [2.75, 3.05) is 20.2 Å². The Kier molecular flexibility index (Phi) is 9.43. The molecule has 3 rings (SSSR count). The molecule has 2 amide bonds. The number of aliphatic hydroxyl groups is 1. The van der Waals surface area contributed by atoms with Crippen molar-refractivity contribution in [3.63, 3.8) is 0 Å².